The van der Waals surface area contributed by atoms with Crippen molar-refractivity contribution in [3.05, 3.63) is 57.2 Å². The van der Waals surface area contributed by atoms with Crippen LogP contribution in [0.25, 0.3) is 0 Å². The van der Waals surface area contributed by atoms with Crippen molar-refractivity contribution in [2.75, 3.05) is 32.8 Å². The molecule has 1 fully saturated rings. The summed E-state index contributed by atoms with van der Waals surface area (Å²) in [6, 6.07) is 8.69. The van der Waals surface area contributed by atoms with E-state index in [1.165, 1.54) is 11.3 Å². The Morgan fingerprint density at radius 3 is 2.31 bits per heavy atom. The van der Waals surface area contributed by atoms with Crippen LogP contribution in [0.2, 0.25) is 5.02 Å². The molecule has 1 atom stereocenters. The Balaban J connectivity index is 1.46. The number of nitrogens with zero attached hydrogens (tertiary/aromatic N) is 2. The van der Waals surface area contributed by atoms with E-state index >= 15 is 0 Å². The molecule has 170 valence electrons. The van der Waals surface area contributed by atoms with Gasteiger partial charge in [-0.1, -0.05) is 29.8 Å². The summed E-state index contributed by atoms with van der Waals surface area (Å²) in [5.41, 5.74) is 5.83. The molecule has 9 nitrogen and oxygen atoms in total. The predicted octanol–water partition coefficient (Wildman–Crippen LogP) is 2.03. The maximum absolute atomic E-state index is 12.4. The summed E-state index contributed by atoms with van der Waals surface area (Å²) in [5, 5.41) is 4.84. The SMILES string of the molecule is NC(=O)N[C@@H](CC(=O)OCC(=O)N1CCN(C(=O)c2cccs2)CC1)c1ccc(Cl)cc1. The number of hydrogen-bond donors (Lipinski definition) is 2. The average molecular weight is 479 g/mol. The van der Waals surface area contributed by atoms with Crippen LogP contribution in [-0.2, 0) is 14.3 Å². The molecule has 1 aromatic heterocycles. The largest absolute Gasteiger partial charge is 0.455 e. The smallest absolute Gasteiger partial charge is 0.312 e. The number of halogens is 1. The highest BCUT2D eigenvalue weighted by molar-refractivity contribution is 7.12. The Bertz CT molecular complexity index is 959. The first-order valence-electron chi connectivity index (χ1n) is 9.91. The van der Waals surface area contributed by atoms with Gasteiger partial charge in [-0.25, -0.2) is 4.79 Å². The number of ether oxygens (including phenoxy) is 1. The van der Waals surface area contributed by atoms with Gasteiger partial charge in [0.25, 0.3) is 11.8 Å². The summed E-state index contributed by atoms with van der Waals surface area (Å²) in [5.74, 6) is -1.04. The number of rotatable bonds is 7. The number of amides is 4. The quantitative estimate of drug-likeness (QED) is 0.589. The molecule has 3 rings (SSSR count). The van der Waals surface area contributed by atoms with E-state index in [0.29, 0.717) is 41.6 Å². The third kappa shape index (κ3) is 6.44. The fourth-order valence-corrected chi connectivity index (χ4v) is 4.11. The highest BCUT2D eigenvalue weighted by Crippen LogP contribution is 2.20. The Morgan fingerprint density at radius 1 is 1.06 bits per heavy atom. The van der Waals surface area contributed by atoms with Gasteiger partial charge in [0, 0.05) is 31.2 Å². The molecule has 11 heteroatoms. The molecular weight excluding hydrogens is 456 g/mol. The topological polar surface area (TPSA) is 122 Å². The first kappa shape index (κ1) is 23.6. The van der Waals surface area contributed by atoms with Gasteiger partial charge in [-0.05, 0) is 29.1 Å². The molecule has 0 saturated carbocycles. The lowest BCUT2D eigenvalue weighted by Crippen LogP contribution is -2.51. The number of nitrogens with two attached hydrogens (primary N) is 1. The molecule has 1 saturated heterocycles. The van der Waals surface area contributed by atoms with Gasteiger partial charge in [0.2, 0.25) is 0 Å². The molecule has 0 unspecified atom stereocenters. The van der Waals surface area contributed by atoms with Crippen LogP contribution in [0.4, 0.5) is 4.79 Å². The van der Waals surface area contributed by atoms with Gasteiger partial charge in [-0.2, -0.15) is 0 Å². The zero-order chi connectivity index (χ0) is 23.1. The predicted molar refractivity (Wildman–Crippen MR) is 119 cm³/mol. The number of hydrogen-bond acceptors (Lipinski definition) is 6. The van der Waals surface area contributed by atoms with E-state index in [4.69, 9.17) is 22.1 Å². The minimum Gasteiger partial charge on any atom is -0.455 e. The Morgan fingerprint density at radius 2 is 1.72 bits per heavy atom. The van der Waals surface area contributed by atoms with Crippen LogP contribution in [0.5, 0.6) is 0 Å². The number of nitrogens with one attached hydrogen (secondary N) is 1. The molecule has 32 heavy (non-hydrogen) atoms. The Hall–Kier alpha value is -3.11. The van der Waals surface area contributed by atoms with Gasteiger partial charge in [-0.3, -0.25) is 14.4 Å². The van der Waals surface area contributed by atoms with Crippen molar-refractivity contribution >= 4 is 46.8 Å². The van der Waals surface area contributed by atoms with E-state index in [-0.39, 0.29) is 18.2 Å². The molecule has 3 N–H and O–H groups in total. The second-order valence-electron chi connectivity index (χ2n) is 7.13. The third-order valence-corrected chi connectivity index (χ3v) is 6.08. The number of thiophene rings is 1. The number of carbonyl (C=O) groups is 4. The minimum absolute atomic E-state index is 0.0475. The second-order valence-corrected chi connectivity index (χ2v) is 8.51. The van der Waals surface area contributed by atoms with Crippen LogP contribution in [0.3, 0.4) is 0 Å². The van der Waals surface area contributed by atoms with Crippen molar-refractivity contribution in [2.45, 2.75) is 12.5 Å². The number of piperazine rings is 1. The first-order valence-corrected chi connectivity index (χ1v) is 11.2. The second kappa shape index (κ2) is 11.0. The lowest BCUT2D eigenvalue weighted by Gasteiger charge is -2.34. The lowest BCUT2D eigenvalue weighted by molar-refractivity contribution is -0.153. The molecule has 0 spiro atoms. The maximum Gasteiger partial charge on any atom is 0.312 e. The van der Waals surface area contributed by atoms with Crippen LogP contribution >= 0.6 is 22.9 Å². The summed E-state index contributed by atoms with van der Waals surface area (Å²) in [6.45, 7) is 1.14. The molecule has 2 heterocycles. The van der Waals surface area contributed by atoms with Crippen molar-refractivity contribution in [2.24, 2.45) is 5.73 Å². The van der Waals surface area contributed by atoms with Crippen molar-refractivity contribution in [1.82, 2.24) is 15.1 Å². The number of primary amides is 1. The molecule has 1 aromatic carbocycles. The maximum atomic E-state index is 12.4. The first-order chi connectivity index (χ1) is 15.3. The number of benzene rings is 1. The summed E-state index contributed by atoms with van der Waals surface area (Å²) in [6.07, 6.45) is -0.194. The molecule has 0 aliphatic carbocycles. The number of esters is 1. The molecule has 4 amide bonds. The normalized spacial score (nSPS) is 14.5. The highest BCUT2D eigenvalue weighted by Gasteiger charge is 2.26. The average Bonchev–Trinajstić information content (AvgIpc) is 3.32. The van der Waals surface area contributed by atoms with Crippen LogP contribution in [0.1, 0.15) is 27.7 Å². The number of carbonyl (C=O) groups excluding carboxylic acids is 4. The molecule has 0 bridgehead atoms. The van der Waals surface area contributed by atoms with Crippen molar-refractivity contribution < 1.29 is 23.9 Å². The molecule has 2 aromatic rings. The van der Waals surface area contributed by atoms with E-state index in [2.05, 4.69) is 5.32 Å². The van der Waals surface area contributed by atoms with Crippen molar-refractivity contribution in [3.63, 3.8) is 0 Å². The van der Waals surface area contributed by atoms with Gasteiger partial charge in [0.15, 0.2) is 6.61 Å². The Labute approximate surface area is 194 Å². The standard InChI is InChI=1S/C21H23ClN4O5S/c22-15-5-3-14(4-6-15)16(24-21(23)30)12-19(28)31-13-18(27)25-7-9-26(10-8-25)20(29)17-2-1-11-32-17/h1-6,11,16H,7-10,12-13H2,(H3,23,24,30)/t16-/m0/s1. The van der Waals surface area contributed by atoms with E-state index in [0.717, 1.165) is 0 Å². The third-order valence-electron chi connectivity index (χ3n) is 4.97. The van der Waals surface area contributed by atoms with Crippen LogP contribution < -0.4 is 11.1 Å². The summed E-state index contributed by atoms with van der Waals surface area (Å²) < 4.78 is 5.12. The van der Waals surface area contributed by atoms with Crippen LogP contribution in [0.15, 0.2) is 41.8 Å². The lowest BCUT2D eigenvalue weighted by atomic mass is 10.0. The van der Waals surface area contributed by atoms with Gasteiger partial charge >= 0.3 is 12.0 Å². The monoisotopic (exact) mass is 478 g/mol. The zero-order valence-electron chi connectivity index (χ0n) is 17.2. The highest BCUT2D eigenvalue weighted by atomic mass is 35.5. The molecule has 0 radical (unpaired) electrons. The summed E-state index contributed by atoms with van der Waals surface area (Å²) in [7, 11) is 0. The van der Waals surface area contributed by atoms with E-state index in [1.807, 2.05) is 11.4 Å². The van der Waals surface area contributed by atoms with Gasteiger partial charge in [0.1, 0.15) is 0 Å². The molecular formula is C21H23ClN4O5S. The fraction of sp³-hybridized carbons (Fsp3) is 0.333. The zero-order valence-corrected chi connectivity index (χ0v) is 18.7. The fourth-order valence-electron chi connectivity index (χ4n) is 3.29. The molecule has 1 aliphatic heterocycles. The van der Waals surface area contributed by atoms with E-state index in [9.17, 15) is 19.2 Å². The van der Waals surface area contributed by atoms with Crippen LogP contribution in [0, 0.1) is 0 Å². The van der Waals surface area contributed by atoms with E-state index in [1.54, 1.807) is 40.1 Å². The van der Waals surface area contributed by atoms with E-state index < -0.39 is 24.6 Å². The minimum atomic E-state index is -0.788. The molecule has 1 aliphatic rings. The van der Waals surface area contributed by atoms with Crippen molar-refractivity contribution in [3.8, 4) is 0 Å². The summed E-state index contributed by atoms with van der Waals surface area (Å²) in [4.78, 5) is 52.3. The van der Waals surface area contributed by atoms with Crippen molar-refractivity contribution in [1.29, 1.82) is 0 Å². The van der Waals surface area contributed by atoms with Crippen LogP contribution in [-0.4, -0.2) is 66.4 Å². The van der Waals surface area contributed by atoms with Gasteiger partial charge in [-0.15, -0.1) is 11.3 Å². The Kier molecular flexibility index (Phi) is 8.07. The van der Waals surface area contributed by atoms with Gasteiger partial charge < -0.3 is 25.6 Å². The van der Waals surface area contributed by atoms with Gasteiger partial charge in [0.05, 0.1) is 17.3 Å². The summed E-state index contributed by atoms with van der Waals surface area (Å²) >= 11 is 7.25. The number of urea groups is 1.